The number of amides is 4. The highest BCUT2D eigenvalue weighted by molar-refractivity contribution is 7.13. The SMILES string of the molecule is CC(C)c1csc(NC(=O)CN2C(=O)NC3(CCc4ccccc43)C2=O)n1. The molecule has 0 saturated carbocycles. The minimum absolute atomic E-state index is 0.264. The summed E-state index contributed by atoms with van der Waals surface area (Å²) >= 11 is 1.33. The number of aryl methyl sites for hydroxylation is 1. The zero-order valence-electron chi connectivity index (χ0n) is 15.1. The van der Waals surface area contributed by atoms with E-state index in [4.69, 9.17) is 0 Å². The Bertz CT molecular complexity index is 939. The molecule has 4 amide bonds. The number of fused-ring (bicyclic) bond motifs is 2. The molecule has 2 aromatic rings. The first kappa shape index (κ1) is 17.7. The lowest BCUT2D eigenvalue weighted by atomic mass is 9.92. The second kappa shape index (κ2) is 6.45. The minimum atomic E-state index is -1.04. The molecule has 1 saturated heterocycles. The highest BCUT2D eigenvalue weighted by atomic mass is 32.1. The van der Waals surface area contributed by atoms with Crippen molar-refractivity contribution < 1.29 is 14.4 Å². The number of carbonyl (C=O) groups excluding carboxylic acids is 3. The molecule has 1 spiro atoms. The first-order valence-corrected chi connectivity index (χ1v) is 9.76. The Kier molecular flexibility index (Phi) is 4.22. The maximum atomic E-state index is 13.0. The van der Waals surface area contributed by atoms with Gasteiger partial charge in [-0.15, -0.1) is 11.3 Å². The van der Waals surface area contributed by atoms with E-state index in [1.54, 1.807) is 0 Å². The first-order chi connectivity index (χ1) is 12.9. The number of anilines is 1. The summed E-state index contributed by atoms with van der Waals surface area (Å²) < 4.78 is 0. The Morgan fingerprint density at radius 1 is 1.37 bits per heavy atom. The van der Waals surface area contributed by atoms with Crippen LogP contribution in [0.25, 0.3) is 0 Å². The van der Waals surface area contributed by atoms with Gasteiger partial charge in [0.15, 0.2) is 5.13 Å². The van der Waals surface area contributed by atoms with Crippen molar-refractivity contribution in [3.63, 3.8) is 0 Å². The molecule has 1 aliphatic carbocycles. The van der Waals surface area contributed by atoms with Crippen LogP contribution in [0.15, 0.2) is 29.6 Å². The Labute approximate surface area is 160 Å². The molecule has 8 heteroatoms. The summed E-state index contributed by atoms with van der Waals surface area (Å²) in [5.74, 6) is -0.541. The summed E-state index contributed by atoms with van der Waals surface area (Å²) in [5, 5.41) is 7.85. The molecule has 1 aromatic carbocycles. The molecule has 0 bridgehead atoms. The summed E-state index contributed by atoms with van der Waals surface area (Å²) in [6, 6.07) is 7.08. The summed E-state index contributed by atoms with van der Waals surface area (Å²) in [5.41, 5.74) is 1.74. The van der Waals surface area contributed by atoms with Gasteiger partial charge in [-0.3, -0.25) is 14.5 Å². The van der Waals surface area contributed by atoms with Crippen LogP contribution in [-0.4, -0.2) is 34.3 Å². The van der Waals surface area contributed by atoms with Crippen LogP contribution in [0.2, 0.25) is 0 Å². The van der Waals surface area contributed by atoms with E-state index in [2.05, 4.69) is 15.6 Å². The van der Waals surface area contributed by atoms with Crippen molar-refractivity contribution in [2.45, 2.75) is 38.1 Å². The van der Waals surface area contributed by atoms with E-state index in [1.165, 1.54) is 11.3 Å². The smallest absolute Gasteiger partial charge is 0.319 e. The fraction of sp³-hybridized carbons (Fsp3) is 0.368. The van der Waals surface area contributed by atoms with E-state index < -0.39 is 17.5 Å². The molecular formula is C19H20N4O3S. The zero-order chi connectivity index (χ0) is 19.2. The molecule has 4 rings (SSSR count). The van der Waals surface area contributed by atoms with Crippen molar-refractivity contribution >= 4 is 34.3 Å². The van der Waals surface area contributed by atoms with E-state index in [-0.39, 0.29) is 18.4 Å². The largest absolute Gasteiger partial charge is 0.325 e. The van der Waals surface area contributed by atoms with Crippen molar-refractivity contribution in [1.82, 2.24) is 15.2 Å². The molecule has 1 unspecified atom stereocenters. The lowest BCUT2D eigenvalue weighted by molar-refractivity contribution is -0.134. The highest BCUT2D eigenvalue weighted by Gasteiger charge is 2.55. The third kappa shape index (κ3) is 2.90. The number of aromatic nitrogens is 1. The average Bonchev–Trinajstić information content (AvgIpc) is 3.30. The molecule has 1 aromatic heterocycles. The molecule has 7 nitrogen and oxygen atoms in total. The zero-order valence-corrected chi connectivity index (χ0v) is 15.9. The predicted molar refractivity (Wildman–Crippen MR) is 102 cm³/mol. The van der Waals surface area contributed by atoms with Gasteiger partial charge in [-0.1, -0.05) is 38.1 Å². The molecule has 140 valence electrons. The van der Waals surface area contributed by atoms with Gasteiger partial charge in [0.2, 0.25) is 5.91 Å². The Morgan fingerprint density at radius 2 is 2.15 bits per heavy atom. The molecular weight excluding hydrogens is 364 g/mol. The van der Waals surface area contributed by atoms with Gasteiger partial charge in [-0.25, -0.2) is 9.78 Å². The standard InChI is InChI=1S/C19H20N4O3S/c1-11(2)14-10-27-17(20-14)21-15(24)9-23-16(25)19(22-18(23)26)8-7-12-5-3-4-6-13(12)19/h3-6,10-11H,7-9H2,1-2H3,(H,22,26)(H,20,21,24). The lowest BCUT2D eigenvalue weighted by Gasteiger charge is -2.22. The number of nitrogens with zero attached hydrogens (tertiary/aromatic N) is 2. The number of imide groups is 1. The van der Waals surface area contributed by atoms with Crippen molar-refractivity contribution in [2.75, 3.05) is 11.9 Å². The van der Waals surface area contributed by atoms with Crippen LogP contribution in [0.4, 0.5) is 9.93 Å². The van der Waals surface area contributed by atoms with Crippen molar-refractivity contribution in [1.29, 1.82) is 0 Å². The normalized spacial score (nSPS) is 21.1. The van der Waals surface area contributed by atoms with Gasteiger partial charge in [0.05, 0.1) is 5.69 Å². The van der Waals surface area contributed by atoms with Crippen LogP contribution >= 0.6 is 11.3 Å². The predicted octanol–water partition coefficient (Wildman–Crippen LogP) is 2.60. The number of carbonyl (C=O) groups is 3. The second-order valence-corrected chi connectivity index (χ2v) is 8.02. The number of rotatable bonds is 4. The van der Waals surface area contributed by atoms with E-state index in [0.29, 0.717) is 11.6 Å². The number of thiazole rings is 1. The minimum Gasteiger partial charge on any atom is -0.319 e. The van der Waals surface area contributed by atoms with Crippen molar-refractivity contribution in [2.24, 2.45) is 0 Å². The van der Waals surface area contributed by atoms with Gasteiger partial charge in [0, 0.05) is 5.38 Å². The summed E-state index contributed by atoms with van der Waals surface area (Å²) in [4.78, 5) is 43.2. The van der Waals surface area contributed by atoms with Gasteiger partial charge in [0.1, 0.15) is 12.1 Å². The Morgan fingerprint density at radius 3 is 2.89 bits per heavy atom. The average molecular weight is 384 g/mol. The number of urea groups is 1. The highest BCUT2D eigenvalue weighted by Crippen LogP contribution is 2.41. The maximum Gasteiger partial charge on any atom is 0.325 e. The Balaban J connectivity index is 1.49. The van der Waals surface area contributed by atoms with E-state index >= 15 is 0 Å². The summed E-state index contributed by atoms with van der Waals surface area (Å²) in [7, 11) is 0. The molecule has 27 heavy (non-hydrogen) atoms. The van der Waals surface area contributed by atoms with Gasteiger partial charge >= 0.3 is 6.03 Å². The van der Waals surface area contributed by atoms with Crippen LogP contribution < -0.4 is 10.6 Å². The van der Waals surface area contributed by atoms with E-state index in [0.717, 1.165) is 28.1 Å². The molecule has 1 aliphatic heterocycles. The Hall–Kier alpha value is -2.74. The van der Waals surface area contributed by atoms with Crippen LogP contribution in [-0.2, 0) is 21.5 Å². The van der Waals surface area contributed by atoms with Crippen LogP contribution in [0.3, 0.4) is 0 Å². The summed E-state index contributed by atoms with van der Waals surface area (Å²) in [6.07, 6.45) is 1.23. The first-order valence-electron chi connectivity index (χ1n) is 8.88. The third-order valence-electron chi connectivity index (χ3n) is 5.08. The molecule has 2 N–H and O–H groups in total. The molecule has 1 atom stereocenters. The van der Waals surface area contributed by atoms with E-state index in [9.17, 15) is 14.4 Å². The van der Waals surface area contributed by atoms with Gasteiger partial charge in [-0.05, 0) is 29.9 Å². The number of hydrogen-bond donors (Lipinski definition) is 2. The fourth-order valence-corrected chi connectivity index (χ4v) is 4.53. The number of nitrogens with one attached hydrogen (secondary N) is 2. The number of benzene rings is 1. The van der Waals surface area contributed by atoms with Crippen LogP contribution in [0.5, 0.6) is 0 Å². The van der Waals surface area contributed by atoms with Gasteiger partial charge in [0.25, 0.3) is 5.91 Å². The number of hydrogen-bond acceptors (Lipinski definition) is 5. The molecule has 1 fully saturated rings. The monoisotopic (exact) mass is 384 g/mol. The van der Waals surface area contributed by atoms with Crippen molar-refractivity contribution in [3.8, 4) is 0 Å². The maximum absolute atomic E-state index is 13.0. The van der Waals surface area contributed by atoms with E-state index in [1.807, 2.05) is 43.5 Å². The molecule has 0 radical (unpaired) electrons. The van der Waals surface area contributed by atoms with Crippen LogP contribution in [0, 0.1) is 0 Å². The van der Waals surface area contributed by atoms with Crippen molar-refractivity contribution in [3.05, 3.63) is 46.5 Å². The molecule has 2 aliphatic rings. The lowest BCUT2D eigenvalue weighted by Crippen LogP contribution is -2.42. The van der Waals surface area contributed by atoms with Crippen LogP contribution in [0.1, 0.15) is 43.0 Å². The third-order valence-corrected chi connectivity index (χ3v) is 5.86. The quantitative estimate of drug-likeness (QED) is 0.793. The topological polar surface area (TPSA) is 91.4 Å². The fourth-order valence-electron chi connectivity index (χ4n) is 3.64. The van der Waals surface area contributed by atoms with Gasteiger partial charge < -0.3 is 10.6 Å². The second-order valence-electron chi connectivity index (χ2n) is 7.16. The summed E-state index contributed by atoms with van der Waals surface area (Å²) in [6.45, 7) is 3.71. The molecule has 2 heterocycles. The van der Waals surface area contributed by atoms with Gasteiger partial charge in [-0.2, -0.15) is 0 Å².